The number of piperidine rings is 1. The third kappa shape index (κ3) is 9.51. The Kier molecular flexibility index (Phi) is 12.0. The fourth-order valence-electron chi connectivity index (χ4n) is 4.07. The van der Waals surface area contributed by atoms with E-state index in [1.165, 1.54) is 11.1 Å². The number of nitrogens with one attached hydrogen (secondary N) is 2. The van der Waals surface area contributed by atoms with Gasteiger partial charge in [0.2, 0.25) is 0 Å². The van der Waals surface area contributed by atoms with Crippen molar-refractivity contribution in [2.24, 2.45) is 4.99 Å². The van der Waals surface area contributed by atoms with E-state index in [2.05, 4.69) is 88.9 Å². The number of aliphatic imine (C=N–C) groups is 1. The maximum absolute atomic E-state index is 5.86. The highest BCUT2D eigenvalue weighted by atomic mass is 127. The van der Waals surface area contributed by atoms with Crippen molar-refractivity contribution >= 4 is 29.9 Å². The third-order valence-corrected chi connectivity index (χ3v) is 5.97. The summed E-state index contributed by atoms with van der Waals surface area (Å²) >= 11 is 0. The summed E-state index contributed by atoms with van der Waals surface area (Å²) in [5, 5.41) is 7.09. The van der Waals surface area contributed by atoms with E-state index in [0.717, 1.165) is 44.2 Å². The summed E-state index contributed by atoms with van der Waals surface area (Å²) in [6.45, 7) is 6.75. The Labute approximate surface area is 216 Å². The van der Waals surface area contributed by atoms with Gasteiger partial charge in [0.1, 0.15) is 12.4 Å². The van der Waals surface area contributed by atoms with E-state index in [-0.39, 0.29) is 24.0 Å². The second-order valence-electron chi connectivity index (χ2n) is 8.90. The van der Waals surface area contributed by atoms with Crippen LogP contribution in [-0.4, -0.2) is 68.7 Å². The molecule has 0 bridgehead atoms. The fraction of sp³-hybridized carbons (Fsp3) is 0.500. The monoisotopic (exact) mass is 565 g/mol. The van der Waals surface area contributed by atoms with E-state index in [1.54, 1.807) is 0 Å². The maximum atomic E-state index is 5.86. The van der Waals surface area contributed by atoms with Crippen LogP contribution in [0.2, 0.25) is 0 Å². The van der Waals surface area contributed by atoms with Gasteiger partial charge in [-0.1, -0.05) is 42.5 Å². The summed E-state index contributed by atoms with van der Waals surface area (Å²) in [4.78, 5) is 9.14. The van der Waals surface area contributed by atoms with Crippen molar-refractivity contribution in [2.45, 2.75) is 44.9 Å². The van der Waals surface area contributed by atoms with Crippen molar-refractivity contribution in [1.29, 1.82) is 0 Å². The molecule has 2 atom stereocenters. The molecule has 1 heterocycles. The van der Waals surface area contributed by atoms with E-state index in [9.17, 15) is 0 Å². The Morgan fingerprint density at radius 3 is 2.58 bits per heavy atom. The average Bonchev–Trinajstić information content (AvgIpc) is 2.79. The molecular formula is C26H40IN5O. The number of nitrogens with zero attached hydrogens (tertiary/aromatic N) is 3. The van der Waals surface area contributed by atoms with Crippen LogP contribution < -0.4 is 15.4 Å². The first-order valence-electron chi connectivity index (χ1n) is 11.6. The fourth-order valence-corrected chi connectivity index (χ4v) is 4.07. The molecule has 2 aromatic carbocycles. The predicted molar refractivity (Wildman–Crippen MR) is 149 cm³/mol. The lowest BCUT2D eigenvalue weighted by molar-refractivity contribution is 0.134. The minimum absolute atomic E-state index is 0. The highest BCUT2D eigenvalue weighted by Crippen LogP contribution is 2.20. The largest absolute Gasteiger partial charge is 0.492 e. The molecule has 1 aliphatic rings. The molecule has 0 amide bonds. The number of halogens is 1. The number of likely N-dealkylation sites (tertiary alicyclic amines) is 1. The molecule has 1 saturated heterocycles. The number of hydrogen-bond acceptors (Lipinski definition) is 4. The van der Waals surface area contributed by atoms with E-state index in [4.69, 9.17) is 4.74 Å². The smallest absolute Gasteiger partial charge is 0.191 e. The van der Waals surface area contributed by atoms with E-state index in [0.29, 0.717) is 25.2 Å². The van der Waals surface area contributed by atoms with Gasteiger partial charge in [0, 0.05) is 45.3 Å². The summed E-state index contributed by atoms with van der Waals surface area (Å²) in [6.07, 6.45) is 2.23. The molecule has 1 fully saturated rings. The first-order valence-corrected chi connectivity index (χ1v) is 11.6. The summed E-state index contributed by atoms with van der Waals surface area (Å²) in [6, 6.07) is 20.0. The lowest BCUT2D eigenvalue weighted by atomic mass is 9.97. The van der Waals surface area contributed by atoms with Gasteiger partial charge in [-0.3, -0.25) is 9.89 Å². The molecule has 0 spiro atoms. The Balaban J connectivity index is 0.00000385. The number of likely N-dealkylation sites (N-methyl/N-ethyl adjacent to an activating group) is 1. The first-order chi connectivity index (χ1) is 15.5. The number of rotatable bonds is 9. The second kappa shape index (κ2) is 14.4. The van der Waals surface area contributed by atoms with Crippen molar-refractivity contribution < 1.29 is 4.74 Å². The average molecular weight is 566 g/mol. The van der Waals surface area contributed by atoms with Gasteiger partial charge < -0.3 is 20.3 Å². The molecule has 0 aromatic heterocycles. The summed E-state index contributed by atoms with van der Waals surface area (Å²) < 4.78 is 5.86. The van der Waals surface area contributed by atoms with Crippen LogP contribution in [-0.2, 0) is 13.1 Å². The lowest BCUT2D eigenvalue weighted by Gasteiger charge is -2.38. The lowest BCUT2D eigenvalue weighted by Crippen LogP contribution is -2.51. The Morgan fingerprint density at radius 2 is 1.88 bits per heavy atom. The minimum Gasteiger partial charge on any atom is -0.492 e. The van der Waals surface area contributed by atoms with Crippen LogP contribution in [0.4, 0.5) is 0 Å². The standard InChI is InChI=1S/C26H39N5O.HI/c1-21-17-24(13-14-31(21)20-22-9-6-5-7-10-22)29-26(27-2)28-19-23-11-8-12-25(18-23)32-16-15-30(3)4;/h5-12,18,21,24H,13-17,19-20H2,1-4H3,(H2,27,28,29);1H. The molecule has 2 N–H and O–H groups in total. The van der Waals surface area contributed by atoms with Crippen molar-refractivity contribution in [3.8, 4) is 5.75 Å². The van der Waals surface area contributed by atoms with Gasteiger partial charge >= 0.3 is 0 Å². The molecular weight excluding hydrogens is 525 g/mol. The minimum atomic E-state index is 0. The highest BCUT2D eigenvalue weighted by molar-refractivity contribution is 14.0. The summed E-state index contributed by atoms with van der Waals surface area (Å²) in [5.74, 6) is 1.77. The Hall–Kier alpha value is -1.84. The molecule has 33 heavy (non-hydrogen) atoms. The van der Waals surface area contributed by atoms with Crippen LogP contribution in [0.1, 0.15) is 30.9 Å². The molecule has 2 unspecified atom stereocenters. The van der Waals surface area contributed by atoms with Gasteiger partial charge in [0.15, 0.2) is 5.96 Å². The molecule has 0 radical (unpaired) electrons. The first kappa shape index (κ1) is 27.4. The zero-order valence-electron chi connectivity index (χ0n) is 20.5. The van der Waals surface area contributed by atoms with Gasteiger partial charge in [-0.15, -0.1) is 24.0 Å². The highest BCUT2D eigenvalue weighted by Gasteiger charge is 2.25. The van der Waals surface area contributed by atoms with Crippen LogP contribution in [0.25, 0.3) is 0 Å². The van der Waals surface area contributed by atoms with Crippen molar-refractivity contribution in [1.82, 2.24) is 20.4 Å². The Morgan fingerprint density at radius 1 is 1.12 bits per heavy atom. The van der Waals surface area contributed by atoms with Gasteiger partial charge in [-0.25, -0.2) is 0 Å². The van der Waals surface area contributed by atoms with Crippen LogP contribution in [0.5, 0.6) is 5.75 Å². The number of hydrogen-bond donors (Lipinski definition) is 2. The van der Waals surface area contributed by atoms with Gasteiger partial charge in [-0.2, -0.15) is 0 Å². The maximum Gasteiger partial charge on any atom is 0.191 e. The second-order valence-corrected chi connectivity index (χ2v) is 8.90. The third-order valence-electron chi connectivity index (χ3n) is 5.97. The van der Waals surface area contributed by atoms with Crippen LogP contribution in [0.3, 0.4) is 0 Å². The normalized spacial score (nSPS) is 19.1. The van der Waals surface area contributed by atoms with E-state index < -0.39 is 0 Å². The molecule has 3 rings (SSSR count). The number of benzene rings is 2. The zero-order valence-corrected chi connectivity index (χ0v) is 22.8. The number of guanidine groups is 1. The molecule has 0 saturated carbocycles. The summed E-state index contributed by atoms with van der Waals surface area (Å²) in [7, 11) is 5.94. The topological polar surface area (TPSA) is 52.1 Å². The van der Waals surface area contributed by atoms with Crippen molar-refractivity contribution in [3.05, 3.63) is 65.7 Å². The SMILES string of the molecule is CN=C(NCc1cccc(OCCN(C)C)c1)NC1CCN(Cc2ccccc2)C(C)C1.I. The van der Waals surface area contributed by atoms with E-state index in [1.807, 2.05) is 19.2 Å². The molecule has 6 nitrogen and oxygen atoms in total. The van der Waals surface area contributed by atoms with Gasteiger partial charge in [0.05, 0.1) is 0 Å². The van der Waals surface area contributed by atoms with Crippen LogP contribution >= 0.6 is 24.0 Å². The van der Waals surface area contributed by atoms with Crippen molar-refractivity contribution in [2.75, 3.05) is 40.8 Å². The summed E-state index contributed by atoms with van der Waals surface area (Å²) in [5.41, 5.74) is 2.57. The molecule has 0 aliphatic carbocycles. The Bertz CT molecular complexity index is 846. The molecule has 7 heteroatoms. The predicted octanol–water partition coefficient (Wildman–Crippen LogP) is 3.96. The van der Waals surface area contributed by atoms with Gasteiger partial charge in [0.25, 0.3) is 0 Å². The van der Waals surface area contributed by atoms with E-state index >= 15 is 0 Å². The molecule has 182 valence electrons. The van der Waals surface area contributed by atoms with Crippen molar-refractivity contribution in [3.63, 3.8) is 0 Å². The van der Waals surface area contributed by atoms with Crippen LogP contribution in [0.15, 0.2) is 59.6 Å². The molecule has 1 aliphatic heterocycles. The molecule has 2 aromatic rings. The van der Waals surface area contributed by atoms with Gasteiger partial charge in [-0.05, 0) is 57.1 Å². The quantitative estimate of drug-likeness (QED) is 0.274. The zero-order chi connectivity index (χ0) is 22.8. The number of ether oxygens (including phenoxy) is 1. The van der Waals surface area contributed by atoms with Crippen LogP contribution in [0, 0.1) is 0 Å².